The lowest BCUT2D eigenvalue weighted by atomic mass is 10.2. The van der Waals surface area contributed by atoms with Crippen molar-refractivity contribution in [2.45, 2.75) is 12.2 Å². The molecule has 0 N–H and O–H groups in total. The van der Waals surface area contributed by atoms with Crippen molar-refractivity contribution in [3.63, 3.8) is 0 Å². The van der Waals surface area contributed by atoms with Crippen molar-refractivity contribution in [3.8, 4) is 0 Å². The molecule has 0 aliphatic carbocycles. The van der Waals surface area contributed by atoms with E-state index in [9.17, 15) is 8.42 Å². The maximum Gasteiger partial charge on any atom is 0.218 e. The van der Waals surface area contributed by atoms with Crippen molar-refractivity contribution in [1.82, 2.24) is 9.29 Å². The summed E-state index contributed by atoms with van der Waals surface area (Å²) in [4.78, 5) is 4.14. The lowest BCUT2D eigenvalue weighted by molar-refractivity contribution is 0.471. The topological polar surface area (TPSA) is 50.3 Å². The Hall–Kier alpha value is -0.950. The summed E-state index contributed by atoms with van der Waals surface area (Å²) >= 11 is 7.53. The van der Waals surface area contributed by atoms with Gasteiger partial charge < -0.3 is 0 Å². The number of halogens is 1. The molecule has 1 aromatic carbocycles. The van der Waals surface area contributed by atoms with Crippen LogP contribution in [0.5, 0.6) is 0 Å². The molecule has 0 fully saturated rings. The minimum Gasteiger partial charge on any atom is -0.250 e. The van der Waals surface area contributed by atoms with E-state index in [-0.39, 0.29) is 5.75 Å². The second-order valence-corrected chi connectivity index (χ2v) is 7.81. The normalized spacial score (nSPS) is 11.9. The zero-order chi connectivity index (χ0) is 14.6. The summed E-state index contributed by atoms with van der Waals surface area (Å²) in [5, 5.41) is 3.29. The summed E-state index contributed by atoms with van der Waals surface area (Å²) in [6.45, 7) is 0.417. The van der Waals surface area contributed by atoms with Gasteiger partial charge in [-0.2, -0.15) is 0 Å². The van der Waals surface area contributed by atoms with Crippen LogP contribution in [0, 0.1) is 0 Å². The lowest BCUT2D eigenvalue weighted by Gasteiger charge is -2.17. The Bertz CT molecular complexity index is 657. The van der Waals surface area contributed by atoms with E-state index in [2.05, 4.69) is 4.98 Å². The number of hydrogen-bond acceptors (Lipinski definition) is 4. The number of likely N-dealkylation sites (N-methyl/N-ethyl adjacent to an activating group) is 1. The summed E-state index contributed by atoms with van der Waals surface area (Å²) < 4.78 is 25.9. The molecule has 2 aromatic rings. The first-order chi connectivity index (χ1) is 9.49. The standard InChI is InChI=1S/C13H15ClN2O2S2/c1-16(8-6-13-15-7-9-19-13)20(17,18)10-11-4-2-3-5-12(11)14/h2-5,7,9H,6,8,10H2,1H3. The first-order valence-electron chi connectivity index (χ1n) is 6.05. The monoisotopic (exact) mass is 330 g/mol. The zero-order valence-electron chi connectivity index (χ0n) is 11.0. The van der Waals surface area contributed by atoms with Gasteiger partial charge in [-0.05, 0) is 11.6 Å². The Balaban J connectivity index is 2.00. The number of sulfonamides is 1. The average Bonchev–Trinajstić information content (AvgIpc) is 2.91. The lowest BCUT2D eigenvalue weighted by Crippen LogP contribution is -2.30. The predicted molar refractivity (Wildman–Crippen MR) is 82.5 cm³/mol. The summed E-state index contributed by atoms with van der Waals surface area (Å²) in [6.07, 6.45) is 2.34. The highest BCUT2D eigenvalue weighted by molar-refractivity contribution is 7.88. The molecule has 1 aromatic heterocycles. The van der Waals surface area contributed by atoms with E-state index in [0.29, 0.717) is 23.6 Å². The van der Waals surface area contributed by atoms with Gasteiger partial charge in [-0.25, -0.2) is 17.7 Å². The van der Waals surface area contributed by atoms with Crippen LogP contribution in [-0.2, 0) is 22.2 Å². The van der Waals surface area contributed by atoms with Crippen molar-refractivity contribution >= 4 is 33.0 Å². The Morgan fingerprint density at radius 2 is 2.10 bits per heavy atom. The number of nitrogens with zero attached hydrogens (tertiary/aromatic N) is 2. The number of benzene rings is 1. The molecule has 0 saturated carbocycles. The van der Waals surface area contributed by atoms with Gasteiger partial charge in [0.2, 0.25) is 10.0 Å². The number of hydrogen-bond donors (Lipinski definition) is 0. The van der Waals surface area contributed by atoms with Crippen LogP contribution in [0.2, 0.25) is 5.02 Å². The van der Waals surface area contributed by atoms with Gasteiger partial charge in [-0.3, -0.25) is 0 Å². The minimum atomic E-state index is -3.36. The van der Waals surface area contributed by atoms with Gasteiger partial charge in [0.15, 0.2) is 0 Å². The van der Waals surface area contributed by atoms with Gasteiger partial charge >= 0.3 is 0 Å². The van der Waals surface area contributed by atoms with Gasteiger partial charge in [-0.15, -0.1) is 11.3 Å². The van der Waals surface area contributed by atoms with Crippen LogP contribution in [-0.4, -0.2) is 31.3 Å². The highest BCUT2D eigenvalue weighted by Gasteiger charge is 2.19. The van der Waals surface area contributed by atoms with Crippen LogP contribution in [0.1, 0.15) is 10.6 Å². The van der Waals surface area contributed by atoms with E-state index in [4.69, 9.17) is 11.6 Å². The molecule has 0 saturated heterocycles. The van der Waals surface area contributed by atoms with Crippen molar-refractivity contribution in [2.75, 3.05) is 13.6 Å². The summed E-state index contributed by atoms with van der Waals surface area (Å²) in [5.74, 6) is -0.0823. The van der Waals surface area contributed by atoms with E-state index in [1.165, 1.54) is 15.6 Å². The van der Waals surface area contributed by atoms with Crippen LogP contribution in [0.3, 0.4) is 0 Å². The molecule has 7 heteroatoms. The number of rotatable bonds is 6. The van der Waals surface area contributed by atoms with Crippen LogP contribution in [0.25, 0.3) is 0 Å². The first kappa shape index (κ1) is 15.4. The second kappa shape index (κ2) is 6.67. The molecule has 4 nitrogen and oxygen atoms in total. The van der Waals surface area contributed by atoms with Crippen LogP contribution in [0.15, 0.2) is 35.8 Å². The second-order valence-electron chi connectivity index (χ2n) is 4.35. The molecule has 0 spiro atoms. The molecule has 0 aliphatic rings. The quantitative estimate of drug-likeness (QED) is 0.818. The predicted octanol–water partition coefficient (Wildman–Crippen LogP) is 2.80. The Labute approximate surface area is 128 Å². The fraction of sp³-hybridized carbons (Fsp3) is 0.308. The van der Waals surface area contributed by atoms with Crippen molar-refractivity contribution in [1.29, 1.82) is 0 Å². The summed E-state index contributed by atoms with van der Waals surface area (Å²) in [5.41, 5.74) is 0.621. The SMILES string of the molecule is CN(CCc1nccs1)S(=O)(=O)Cc1ccccc1Cl. The third kappa shape index (κ3) is 4.02. The summed E-state index contributed by atoms with van der Waals surface area (Å²) in [7, 11) is -1.78. The molecule has 1 heterocycles. The molecule has 0 aliphatic heterocycles. The fourth-order valence-corrected chi connectivity index (χ4v) is 3.82. The van der Waals surface area contributed by atoms with Gasteiger partial charge in [-0.1, -0.05) is 29.8 Å². The third-order valence-electron chi connectivity index (χ3n) is 2.89. The third-order valence-corrected chi connectivity index (χ3v) is 5.91. The summed E-state index contributed by atoms with van der Waals surface area (Å²) in [6, 6.07) is 6.99. The number of aromatic nitrogens is 1. The Morgan fingerprint density at radius 1 is 1.35 bits per heavy atom. The molecule has 108 valence electrons. The van der Waals surface area contributed by atoms with Gasteiger partial charge in [0.1, 0.15) is 0 Å². The van der Waals surface area contributed by atoms with Crippen molar-refractivity contribution in [2.24, 2.45) is 0 Å². The van der Waals surface area contributed by atoms with Gasteiger partial charge in [0.25, 0.3) is 0 Å². The fourth-order valence-electron chi connectivity index (χ4n) is 1.69. The van der Waals surface area contributed by atoms with E-state index < -0.39 is 10.0 Å². The molecular weight excluding hydrogens is 316 g/mol. The van der Waals surface area contributed by atoms with Crippen LogP contribution >= 0.6 is 22.9 Å². The highest BCUT2D eigenvalue weighted by Crippen LogP contribution is 2.19. The molecule has 2 rings (SSSR count). The maximum atomic E-state index is 12.3. The Kier molecular flexibility index (Phi) is 5.15. The largest absolute Gasteiger partial charge is 0.250 e. The van der Waals surface area contributed by atoms with Crippen LogP contribution in [0.4, 0.5) is 0 Å². The van der Waals surface area contributed by atoms with E-state index in [0.717, 1.165) is 5.01 Å². The smallest absolute Gasteiger partial charge is 0.218 e. The average molecular weight is 331 g/mol. The molecule has 0 unspecified atom stereocenters. The van der Waals surface area contributed by atoms with E-state index >= 15 is 0 Å². The molecule has 0 atom stereocenters. The highest BCUT2D eigenvalue weighted by atomic mass is 35.5. The first-order valence-corrected chi connectivity index (χ1v) is 8.91. The molecule has 0 bridgehead atoms. The van der Waals surface area contributed by atoms with Crippen molar-refractivity contribution < 1.29 is 8.42 Å². The zero-order valence-corrected chi connectivity index (χ0v) is 13.4. The minimum absolute atomic E-state index is 0.0823. The van der Waals surface area contributed by atoms with E-state index in [1.807, 2.05) is 5.38 Å². The maximum absolute atomic E-state index is 12.3. The van der Waals surface area contributed by atoms with Gasteiger partial charge in [0, 0.05) is 36.6 Å². The van der Waals surface area contributed by atoms with E-state index in [1.54, 1.807) is 37.5 Å². The molecule has 0 amide bonds. The van der Waals surface area contributed by atoms with Gasteiger partial charge in [0.05, 0.1) is 10.8 Å². The Morgan fingerprint density at radius 3 is 2.75 bits per heavy atom. The molecule has 20 heavy (non-hydrogen) atoms. The van der Waals surface area contributed by atoms with Crippen molar-refractivity contribution in [3.05, 3.63) is 51.4 Å². The van der Waals surface area contributed by atoms with Crippen LogP contribution < -0.4 is 0 Å². The molecule has 0 radical (unpaired) electrons. The number of thiazole rings is 1. The molecular formula is C13H15ClN2O2S2.